The predicted octanol–water partition coefficient (Wildman–Crippen LogP) is 3.32. The summed E-state index contributed by atoms with van der Waals surface area (Å²) in [4.78, 5) is 0. The number of ether oxygens (including phenoxy) is 1. The van der Waals surface area contributed by atoms with E-state index >= 15 is 0 Å². The van der Waals surface area contributed by atoms with Crippen LogP contribution in [0.25, 0.3) is 0 Å². The number of hydrogen-bond donors (Lipinski definition) is 1. The molecule has 0 heterocycles. The van der Waals surface area contributed by atoms with Gasteiger partial charge in [0.15, 0.2) is 0 Å². The molecule has 2 nitrogen and oxygen atoms in total. The monoisotopic (exact) mass is 234 g/mol. The molecule has 0 radical (unpaired) electrons. The molecule has 1 aliphatic rings. The highest BCUT2D eigenvalue weighted by molar-refractivity contribution is 5.20. The maximum Gasteiger partial charge on any atom is 0.108 e. The van der Waals surface area contributed by atoms with Gasteiger partial charge in [0.2, 0.25) is 0 Å². The highest BCUT2D eigenvalue weighted by Crippen LogP contribution is 2.42. The first-order chi connectivity index (χ1) is 8.18. The van der Waals surface area contributed by atoms with Crippen molar-refractivity contribution in [1.82, 2.24) is 0 Å². The molecule has 0 aliphatic heterocycles. The van der Waals surface area contributed by atoms with Gasteiger partial charge in [-0.2, -0.15) is 0 Å². The zero-order valence-corrected chi connectivity index (χ0v) is 10.7. The van der Waals surface area contributed by atoms with Crippen LogP contribution in [0.1, 0.15) is 44.3 Å². The van der Waals surface area contributed by atoms with Crippen LogP contribution >= 0.6 is 0 Å². The lowest BCUT2D eigenvalue weighted by Crippen LogP contribution is -2.41. The molecule has 1 N–H and O–H groups in total. The second-order valence-electron chi connectivity index (χ2n) is 5.26. The normalized spacial score (nSPS) is 31.1. The van der Waals surface area contributed by atoms with Crippen LogP contribution in [-0.4, -0.2) is 17.8 Å². The van der Waals surface area contributed by atoms with E-state index in [2.05, 4.69) is 6.92 Å². The molecule has 0 spiro atoms. The molecule has 1 fully saturated rings. The van der Waals surface area contributed by atoms with E-state index in [0.717, 1.165) is 37.2 Å². The van der Waals surface area contributed by atoms with Gasteiger partial charge in [0.25, 0.3) is 0 Å². The summed E-state index contributed by atoms with van der Waals surface area (Å²) in [6.45, 7) is 2.27. The van der Waals surface area contributed by atoms with Gasteiger partial charge in [0, 0.05) is 7.11 Å². The van der Waals surface area contributed by atoms with Crippen LogP contribution < -0.4 is 0 Å². The van der Waals surface area contributed by atoms with Gasteiger partial charge in [-0.15, -0.1) is 0 Å². The van der Waals surface area contributed by atoms with Crippen molar-refractivity contribution in [2.24, 2.45) is 5.92 Å². The summed E-state index contributed by atoms with van der Waals surface area (Å²) in [6, 6.07) is 9.85. The molecule has 1 saturated carbocycles. The molecule has 1 aromatic carbocycles. The zero-order chi connectivity index (χ0) is 12.3. The molecule has 94 valence electrons. The van der Waals surface area contributed by atoms with E-state index in [1.807, 2.05) is 30.3 Å². The standard InChI is InChI=1S/C15H22O2/c1-12-8-10-15(17-2,11-9-12)14(16)13-6-4-3-5-7-13/h3-7,12,14,16H,8-11H2,1-2H3. The molecule has 2 heteroatoms. The lowest BCUT2D eigenvalue weighted by molar-refractivity contribution is -0.130. The molecule has 0 aromatic heterocycles. The van der Waals surface area contributed by atoms with Crippen LogP contribution in [0.4, 0.5) is 0 Å². The number of rotatable bonds is 3. The van der Waals surface area contributed by atoms with Crippen LogP contribution in [0.15, 0.2) is 30.3 Å². The average molecular weight is 234 g/mol. The molecule has 0 amide bonds. The Morgan fingerprint density at radius 1 is 1.24 bits per heavy atom. The average Bonchev–Trinajstić information content (AvgIpc) is 2.40. The molecule has 2 rings (SSSR count). The van der Waals surface area contributed by atoms with E-state index in [1.54, 1.807) is 7.11 Å². The summed E-state index contributed by atoms with van der Waals surface area (Å²) in [5, 5.41) is 10.6. The molecule has 1 unspecified atom stereocenters. The maximum absolute atomic E-state index is 10.6. The number of hydrogen-bond acceptors (Lipinski definition) is 2. The fourth-order valence-corrected chi connectivity index (χ4v) is 2.78. The fraction of sp³-hybridized carbons (Fsp3) is 0.600. The summed E-state index contributed by atoms with van der Waals surface area (Å²) >= 11 is 0. The van der Waals surface area contributed by atoms with Gasteiger partial charge in [0.1, 0.15) is 6.10 Å². The fourth-order valence-electron chi connectivity index (χ4n) is 2.78. The Bertz CT molecular complexity index is 339. The number of methoxy groups -OCH3 is 1. The first-order valence-corrected chi connectivity index (χ1v) is 6.46. The van der Waals surface area contributed by atoms with Gasteiger partial charge >= 0.3 is 0 Å². The summed E-state index contributed by atoms with van der Waals surface area (Å²) in [7, 11) is 1.72. The number of aliphatic hydroxyl groups is 1. The van der Waals surface area contributed by atoms with Crippen LogP contribution in [-0.2, 0) is 4.74 Å². The van der Waals surface area contributed by atoms with Crippen molar-refractivity contribution in [2.45, 2.75) is 44.3 Å². The third kappa shape index (κ3) is 2.53. The Morgan fingerprint density at radius 3 is 2.35 bits per heavy atom. The van der Waals surface area contributed by atoms with E-state index in [-0.39, 0.29) is 5.60 Å². The highest BCUT2D eigenvalue weighted by atomic mass is 16.5. The smallest absolute Gasteiger partial charge is 0.108 e. The molecule has 17 heavy (non-hydrogen) atoms. The van der Waals surface area contributed by atoms with Crippen molar-refractivity contribution in [1.29, 1.82) is 0 Å². The Balaban J connectivity index is 2.18. The molecule has 1 atom stereocenters. The summed E-state index contributed by atoms with van der Waals surface area (Å²) in [6.07, 6.45) is 3.65. The molecular formula is C15H22O2. The van der Waals surface area contributed by atoms with Crippen molar-refractivity contribution in [2.75, 3.05) is 7.11 Å². The van der Waals surface area contributed by atoms with E-state index < -0.39 is 6.10 Å². The summed E-state index contributed by atoms with van der Waals surface area (Å²) in [5.74, 6) is 0.751. The van der Waals surface area contributed by atoms with Gasteiger partial charge in [-0.1, -0.05) is 37.3 Å². The lowest BCUT2D eigenvalue weighted by atomic mass is 9.74. The number of aliphatic hydroxyl groups excluding tert-OH is 1. The Morgan fingerprint density at radius 2 is 1.82 bits per heavy atom. The largest absolute Gasteiger partial charge is 0.385 e. The van der Waals surface area contributed by atoms with E-state index in [9.17, 15) is 5.11 Å². The van der Waals surface area contributed by atoms with Gasteiger partial charge in [-0.25, -0.2) is 0 Å². The van der Waals surface area contributed by atoms with Gasteiger partial charge < -0.3 is 9.84 Å². The number of benzene rings is 1. The van der Waals surface area contributed by atoms with E-state index in [4.69, 9.17) is 4.74 Å². The van der Waals surface area contributed by atoms with Crippen molar-refractivity contribution in [3.05, 3.63) is 35.9 Å². The molecular weight excluding hydrogens is 212 g/mol. The first-order valence-electron chi connectivity index (χ1n) is 6.46. The van der Waals surface area contributed by atoms with Crippen molar-refractivity contribution in [3.8, 4) is 0 Å². The Hall–Kier alpha value is -0.860. The molecule has 1 aliphatic carbocycles. The van der Waals surface area contributed by atoms with Crippen LogP contribution in [0.3, 0.4) is 0 Å². The van der Waals surface area contributed by atoms with Gasteiger partial charge in [-0.05, 0) is 37.2 Å². The lowest BCUT2D eigenvalue weighted by Gasteiger charge is -2.41. The van der Waals surface area contributed by atoms with Crippen LogP contribution in [0.5, 0.6) is 0 Å². The second kappa shape index (κ2) is 5.19. The maximum atomic E-state index is 10.6. The predicted molar refractivity (Wildman–Crippen MR) is 68.8 cm³/mol. The summed E-state index contributed by atoms with van der Waals surface area (Å²) < 4.78 is 5.69. The third-order valence-electron chi connectivity index (χ3n) is 4.14. The van der Waals surface area contributed by atoms with Gasteiger partial charge in [0.05, 0.1) is 5.60 Å². The van der Waals surface area contributed by atoms with Crippen molar-refractivity contribution < 1.29 is 9.84 Å². The minimum Gasteiger partial charge on any atom is -0.385 e. The third-order valence-corrected chi connectivity index (χ3v) is 4.14. The topological polar surface area (TPSA) is 29.5 Å². The van der Waals surface area contributed by atoms with Crippen molar-refractivity contribution >= 4 is 0 Å². The van der Waals surface area contributed by atoms with Crippen molar-refractivity contribution in [3.63, 3.8) is 0 Å². The molecule has 0 bridgehead atoms. The van der Waals surface area contributed by atoms with Crippen LogP contribution in [0.2, 0.25) is 0 Å². The molecule has 1 aromatic rings. The second-order valence-corrected chi connectivity index (χ2v) is 5.26. The van der Waals surface area contributed by atoms with E-state index in [1.165, 1.54) is 0 Å². The SMILES string of the molecule is COC1(C(O)c2ccccc2)CCC(C)CC1. The summed E-state index contributed by atoms with van der Waals surface area (Å²) in [5.41, 5.74) is 0.581. The van der Waals surface area contributed by atoms with Gasteiger partial charge in [-0.3, -0.25) is 0 Å². The zero-order valence-electron chi connectivity index (χ0n) is 10.7. The Kier molecular flexibility index (Phi) is 3.85. The molecule has 0 saturated heterocycles. The quantitative estimate of drug-likeness (QED) is 0.869. The minimum atomic E-state index is -0.513. The van der Waals surface area contributed by atoms with Crippen LogP contribution in [0, 0.1) is 5.92 Å². The minimum absolute atomic E-state index is 0.381. The Labute approximate surface area is 104 Å². The first kappa shape index (κ1) is 12.6. The van der Waals surface area contributed by atoms with E-state index in [0.29, 0.717) is 0 Å². The highest BCUT2D eigenvalue weighted by Gasteiger charge is 2.41.